The Morgan fingerprint density at radius 1 is 1.21 bits per heavy atom. The average molecular weight is 266 g/mol. The molecule has 1 aliphatic carbocycles. The van der Waals surface area contributed by atoms with E-state index in [0.717, 1.165) is 12.8 Å². The summed E-state index contributed by atoms with van der Waals surface area (Å²) in [6, 6.07) is -0.828. The van der Waals surface area contributed by atoms with E-state index in [1.54, 1.807) is 0 Å². The Bertz CT molecular complexity index is 268. The van der Waals surface area contributed by atoms with Crippen LogP contribution in [0.2, 0.25) is 0 Å². The summed E-state index contributed by atoms with van der Waals surface area (Å²) in [6.45, 7) is 2.17. The molecule has 1 saturated carbocycles. The molecule has 2 radical (unpaired) electrons. The summed E-state index contributed by atoms with van der Waals surface area (Å²) in [6.07, 6.45) is 9.21. The maximum absolute atomic E-state index is 10.0. The molecule has 3 N–H and O–H groups in total. The van der Waals surface area contributed by atoms with Crippen LogP contribution in [0.15, 0.2) is 12.2 Å². The lowest BCUT2D eigenvalue weighted by molar-refractivity contribution is 0.100. The van der Waals surface area contributed by atoms with E-state index < -0.39 is 18.2 Å². The van der Waals surface area contributed by atoms with Gasteiger partial charge >= 0.3 is 0 Å². The standard InChI is InChI=1S/C15H27BO3/c1-2-3-4-5-6-7-11-12(8-9-15(16)19)14(18)10-13(11)17/h5-6,11-15,17-19H,2-4,7-10H2,1H3/b6-5-/t11-,12-,13+,14-,15?/m1/s1. The molecule has 0 aromatic carbocycles. The Hall–Kier alpha value is -0.315. The minimum Gasteiger partial charge on any atom is -0.403 e. The second kappa shape index (κ2) is 8.78. The number of allylic oxidation sites excluding steroid dienone is 2. The second-order valence-corrected chi connectivity index (χ2v) is 5.69. The summed E-state index contributed by atoms with van der Waals surface area (Å²) in [5.74, 6) is 0.135. The van der Waals surface area contributed by atoms with Crippen LogP contribution in [0, 0.1) is 11.8 Å². The quantitative estimate of drug-likeness (QED) is 0.356. The molecule has 3 nitrogen and oxygen atoms in total. The van der Waals surface area contributed by atoms with E-state index in [0.29, 0.717) is 19.3 Å². The van der Waals surface area contributed by atoms with Crippen LogP contribution in [0.5, 0.6) is 0 Å². The number of hydrogen-bond acceptors (Lipinski definition) is 3. The molecular weight excluding hydrogens is 239 g/mol. The van der Waals surface area contributed by atoms with Gasteiger partial charge < -0.3 is 15.3 Å². The average Bonchev–Trinajstić information content (AvgIpc) is 2.61. The predicted octanol–water partition coefficient (Wildman–Crippen LogP) is 1.75. The minimum atomic E-state index is -0.828. The third-order valence-corrected chi connectivity index (χ3v) is 4.12. The monoisotopic (exact) mass is 266 g/mol. The molecule has 0 bridgehead atoms. The van der Waals surface area contributed by atoms with Crippen molar-refractivity contribution in [1.29, 1.82) is 0 Å². The first-order chi connectivity index (χ1) is 9.06. The Morgan fingerprint density at radius 3 is 2.53 bits per heavy atom. The fraction of sp³-hybridized carbons (Fsp3) is 0.867. The van der Waals surface area contributed by atoms with Gasteiger partial charge in [0.05, 0.1) is 12.2 Å². The van der Waals surface area contributed by atoms with Gasteiger partial charge in [0.25, 0.3) is 0 Å². The Kier molecular flexibility index (Phi) is 7.73. The lowest BCUT2D eigenvalue weighted by atomic mass is 9.83. The molecule has 0 amide bonds. The first kappa shape index (κ1) is 16.7. The van der Waals surface area contributed by atoms with Gasteiger partial charge in [-0.1, -0.05) is 31.9 Å². The summed E-state index contributed by atoms with van der Waals surface area (Å²) >= 11 is 0. The molecule has 1 fully saturated rings. The van der Waals surface area contributed by atoms with E-state index in [1.807, 2.05) is 0 Å². The first-order valence-electron chi connectivity index (χ1n) is 7.51. The molecular formula is C15H27BO3. The Balaban J connectivity index is 2.44. The molecule has 5 atom stereocenters. The van der Waals surface area contributed by atoms with Crippen molar-refractivity contribution in [2.45, 2.75) is 70.1 Å². The fourth-order valence-electron chi connectivity index (χ4n) is 2.96. The molecule has 108 valence electrons. The van der Waals surface area contributed by atoms with Crippen molar-refractivity contribution in [3.8, 4) is 0 Å². The van der Waals surface area contributed by atoms with Crippen LogP contribution >= 0.6 is 0 Å². The molecule has 0 aromatic heterocycles. The van der Waals surface area contributed by atoms with E-state index >= 15 is 0 Å². The van der Waals surface area contributed by atoms with Gasteiger partial charge in [-0.25, -0.2) is 0 Å². The highest BCUT2D eigenvalue weighted by molar-refractivity contribution is 6.10. The van der Waals surface area contributed by atoms with Crippen LogP contribution in [0.25, 0.3) is 0 Å². The summed E-state index contributed by atoms with van der Waals surface area (Å²) in [5, 5.41) is 29.1. The van der Waals surface area contributed by atoms with Crippen molar-refractivity contribution < 1.29 is 15.3 Å². The van der Waals surface area contributed by atoms with Crippen LogP contribution in [-0.4, -0.2) is 41.4 Å². The maximum atomic E-state index is 10.0. The summed E-state index contributed by atoms with van der Waals surface area (Å²) in [7, 11) is 5.35. The molecule has 1 rings (SSSR count). The fourth-order valence-corrected chi connectivity index (χ4v) is 2.96. The van der Waals surface area contributed by atoms with Crippen molar-refractivity contribution in [3.05, 3.63) is 12.2 Å². The van der Waals surface area contributed by atoms with Crippen molar-refractivity contribution in [2.24, 2.45) is 11.8 Å². The largest absolute Gasteiger partial charge is 0.403 e. The molecule has 0 aliphatic heterocycles. The number of unbranched alkanes of at least 4 members (excludes halogenated alkanes) is 2. The maximum Gasteiger partial charge on any atom is 0.108 e. The lowest BCUT2D eigenvalue weighted by Gasteiger charge is -2.23. The number of aliphatic hydroxyl groups is 3. The van der Waals surface area contributed by atoms with Crippen LogP contribution in [-0.2, 0) is 0 Å². The summed E-state index contributed by atoms with van der Waals surface area (Å²) < 4.78 is 0. The highest BCUT2D eigenvalue weighted by atomic mass is 16.3. The third-order valence-electron chi connectivity index (χ3n) is 4.12. The van der Waals surface area contributed by atoms with Gasteiger partial charge in [-0.05, 0) is 43.9 Å². The second-order valence-electron chi connectivity index (χ2n) is 5.69. The lowest BCUT2D eigenvalue weighted by Crippen LogP contribution is -2.23. The topological polar surface area (TPSA) is 60.7 Å². The van der Waals surface area contributed by atoms with Crippen LogP contribution in [0.4, 0.5) is 0 Å². The Labute approximate surface area is 118 Å². The predicted molar refractivity (Wildman–Crippen MR) is 77.9 cm³/mol. The summed E-state index contributed by atoms with van der Waals surface area (Å²) in [4.78, 5) is 0. The van der Waals surface area contributed by atoms with Crippen LogP contribution in [0.3, 0.4) is 0 Å². The van der Waals surface area contributed by atoms with Crippen molar-refractivity contribution in [2.75, 3.05) is 0 Å². The van der Waals surface area contributed by atoms with Gasteiger partial charge in [0, 0.05) is 6.00 Å². The third kappa shape index (κ3) is 5.68. The molecule has 0 heterocycles. The number of hydrogen-bond donors (Lipinski definition) is 3. The molecule has 4 heteroatoms. The molecule has 0 aromatic rings. The molecule has 1 aliphatic rings. The zero-order valence-corrected chi connectivity index (χ0v) is 11.9. The van der Waals surface area contributed by atoms with Crippen molar-refractivity contribution >= 4 is 7.85 Å². The van der Waals surface area contributed by atoms with Gasteiger partial charge in [-0.2, -0.15) is 0 Å². The van der Waals surface area contributed by atoms with Crippen LogP contribution < -0.4 is 0 Å². The highest BCUT2D eigenvalue weighted by Crippen LogP contribution is 2.38. The molecule has 19 heavy (non-hydrogen) atoms. The minimum absolute atomic E-state index is 0.0454. The zero-order chi connectivity index (χ0) is 14.3. The normalized spacial score (nSPS) is 33.1. The van der Waals surface area contributed by atoms with Crippen molar-refractivity contribution in [1.82, 2.24) is 0 Å². The number of rotatable bonds is 8. The van der Waals surface area contributed by atoms with Crippen molar-refractivity contribution in [3.63, 3.8) is 0 Å². The number of aliphatic hydroxyl groups excluding tert-OH is 3. The van der Waals surface area contributed by atoms with E-state index in [4.69, 9.17) is 13.0 Å². The summed E-state index contributed by atoms with van der Waals surface area (Å²) in [5.41, 5.74) is 0. The van der Waals surface area contributed by atoms with Gasteiger partial charge in [-0.15, -0.1) is 0 Å². The van der Waals surface area contributed by atoms with E-state index in [-0.39, 0.29) is 11.8 Å². The van der Waals surface area contributed by atoms with E-state index in [1.165, 1.54) is 12.8 Å². The SMILES string of the molecule is [B]C(O)CC[C@@H]1[C@@H](C/C=C\CCCC)[C@@H](O)C[C@H]1O. The smallest absolute Gasteiger partial charge is 0.108 e. The zero-order valence-electron chi connectivity index (χ0n) is 11.9. The van der Waals surface area contributed by atoms with E-state index in [9.17, 15) is 10.2 Å². The molecule has 1 unspecified atom stereocenters. The van der Waals surface area contributed by atoms with Gasteiger partial charge in [0.2, 0.25) is 0 Å². The van der Waals surface area contributed by atoms with Gasteiger partial charge in [-0.3, -0.25) is 0 Å². The highest BCUT2D eigenvalue weighted by Gasteiger charge is 2.40. The van der Waals surface area contributed by atoms with E-state index in [2.05, 4.69) is 19.1 Å². The molecule has 0 saturated heterocycles. The first-order valence-corrected chi connectivity index (χ1v) is 7.51. The van der Waals surface area contributed by atoms with Gasteiger partial charge in [0.15, 0.2) is 0 Å². The molecule has 0 spiro atoms. The Morgan fingerprint density at radius 2 is 1.89 bits per heavy atom. The van der Waals surface area contributed by atoms with Crippen LogP contribution in [0.1, 0.15) is 51.9 Å². The van der Waals surface area contributed by atoms with Gasteiger partial charge in [0.1, 0.15) is 7.85 Å².